The Morgan fingerprint density at radius 2 is 2.05 bits per heavy atom. The summed E-state index contributed by atoms with van der Waals surface area (Å²) < 4.78 is 11.2. The number of hydrogen-bond acceptors (Lipinski definition) is 5. The van der Waals surface area contributed by atoms with Gasteiger partial charge in [-0.05, 0) is 25.0 Å². The Hall–Kier alpha value is -0.750. The quantitative estimate of drug-likeness (QED) is 0.837. The summed E-state index contributed by atoms with van der Waals surface area (Å²) in [5.41, 5.74) is 2.90. The van der Waals surface area contributed by atoms with Crippen LogP contribution < -0.4 is 9.62 Å². The first-order valence-electron chi connectivity index (χ1n) is 7.41. The van der Waals surface area contributed by atoms with Gasteiger partial charge in [-0.1, -0.05) is 18.2 Å². The molecule has 0 spiro atoms. The van der Waals surface area contributed by atoms with Gasteiger partial charge in [-0.15, -0.1) is 0 Å². The summed E-state index contributed by atoms with van der Waals surface area (Å²) in [6, 6.07) is 9.29. The molecule has 1 fully saturated rings. The van der Waals surface area contributed by atoms with E-state index >= 15 is 0 Å². The first-order chi connectivity index (χ1) is 9.84. The van der Waals surface area contributed by atoms with Gasteiger partial charge in [0.2, 0.25) is 0 Å². The van der Waals surface area contributed by atoms with Crippen molar-refractivity contribution in [1.82, 2.24) is 9.03 Å². The predicted molar refractivity (Wildman–Crippen MR) is 84.9 cm³/mol. The normalized spacial score (nSPS) is 20.9. The molecule has 0 saturated carbocycles. The number of morpholine rings is 1. The average molecular weight is 293 g/mol. The van der Waals surface area contributed by atoms with Gasteiger partial charge in [-0.2, -0.15) is 0 Å². The van der Waals surface area contributed by atoms with Crippen LogP contribution in [0, 0.1) is 0 Å². The lowest BCUT2D eigenvalue weighted by molar-refractivity contribution is 0.0770. The van der Waals surface area contributed by atoms with Crippen LogP contribution in [-0.4, -0.2) is 49.7 Å². The van der Waals surface area contributed by atoms with E-state index in [2.05, 4.69) is 45.1 Å². The highest BCUT2D eigenvalue weighted by Crippen LogP contribution is 2.29. The molecule has 2 heterocycles. The number of hydrogen-bond donors (Lipinski definition) is 1. The minimum atomic E-state index is 0.521. The number of nitrogens with one attached hydrogen (secondary N) is 1. The van der Waals surface area contributed by atoms with Gasteiger partial charge in [-0.3, -0.25) is 0 Å². The highest BCUT2D eigenvalue weighted by atomic mass is 32.2. The van der Waals surface area contributed by atoms with Crippen molar-refractivity contribution in [2.24, 2.45) is 0 Å². The molecule has 0 aromatic heterocycles. The molecular weight excluding hydrogens is 270 g/mol. The van der Waals surface area contributed by atoms with Crippen molar-refractivity contribution >= 4 is 17.8 Å². The second kappa shape index (κ2) is 6.80. The fraction of sp³-hybridized carbons (Fsp3) is 0.600. The SMILES string of the molecule is CC(CNSN1CCOCC1)N1CCc2ccccc21. The largest absolute Gasteiger partial charge is 0.379 e. The molecule has 4 nitrogen and oxygen atoms in total. The standard InChI is InChI=1S/C15H23N3OS/c1-13(12-16-20-17-8-10-19-11-9-17)18-7-6-14-4-2-3-5-15(14)18/h2-5,13,16H,6-12H2,1H3. The van der Waals surface area contributed by atoms with Crippen molar-refractivity contribution in [3.05, 3.63) is 29.8 Å². The molecule has 5 heteroatoms. The number of anilines is 1. The van der Waals surface area contributed by atoms with Crippen molar-refractivity contribution in [3.63, 3.8) is 0 Å². The van der Waals surface area contributed by atoms with E-state index in [1.165, 1.54) is 17.7 Å². The fourth-order valence-corrected chi connectivity index (χ4v) is 3.65. The van der Waals surface area contributed by atoms with Crippen LogP contribution >= 0.6 is 12.1 Å². The summed E-state index contributed by atoms with van der Waals surface area (Å²) in [5, 5.41) is 0. The van der Waals surface area contributed by atoms with Crippen LogP contribution in [0.1, 0.15) is 12.5 Å². The summed E-state index contributed by atoms with van der Waals surface area (Å²) in [6.45, 7) is 8.17. The molecule has 0 aliphatic carbocycles. The Kier molecular flexibility index (Phi) is 4.83. The average Bonchev–Trinajstić information content (AvgIpc) is 2.92. The third-order valence-corrected chi connectivity index (χ3v) is 4.92. The van der Waals surface area contributed by atoms with Gasteiger partial charge in [0.1, 0.15) is 0 Å². The third kappa shape index (κ3) is 3.28. The second-order valence-corrected chi connectivity index (χ2v) is 6.39. The van der Waals surface area contributed by atoms with E-state index in [1.54, 1.807) is 12.1 Å². The third-order valence-electron chi connectivity index (χ3n) is 4.00. The molecule has 1 aromatic carbocycles. The molecule has 1 N–H and O–H groups in total. The number of fused-ring (bicyclic) bond motifs is 1. The summed E-state index contributed by atoms with van der Waals surface area (Å²) in [5.74, 6) is 0. The lowest BCUT2D eigenvalue weighted by Crippen LogP contribution is -2.40. The van der Waals surface area contributed by atoms with Crippen LogP contribution in [0.15, 0.2) is 24.3 Å². The lowest BCUT2D eigenvalue weighted by atomic mass is 10.2. The van der Waals surface area contributed by atoms with E-state index in [1.807, 2.05) is 0 Å². The lowest BCUT2D eigenvalue weighted by Gasteiger charge is -2.29. The van der Waals surface area contributed by atoms with Crippen molar-refractivity contribution < 1.29 is 4.74 Å². The van der Waals surface area contributed by atoms with Gasteiger partial charge in [0.15, 0.2) is 0 Å². The van der Waals surface area contributed by atoms with E-state index in [-0.39, 0.29) is 0 Å². The molecular formula is C15H23N3OS. The van der Waals surface area contributed by atoms with Crippen molar-refractivity contribution in [2.45, 2.75) is 19.4 Å². The Bertz CT molecular complexity index is 437. The fourth-order valence-electron chi connectivity index (χ4n) is 2.82. The van der Waals surface area contributed by atoms with Gasteiger partial charge < -0.3 is 9.64 Å². The van der Waals surface area contributed by atoms with E-state index < -0.39 is 0 Å². The number of ether oxygens (including phenoxy) is 1. The van der Waals surface area contributed by atoms with Crippen molar-refractivity contribution in [2.75, 3.05) is 44.3 Å². The van der Waals surface area contributed by atoms with Gasteiger partial charge in [0.05, 0.1) is 13.2 Å². The molecule has 110 valence electrons. The van der Waals surface area contributed by atoms with Crippen molar-refractivity contribution in [3.8, 4) is 0 Å². The highest BCUT2D eigenvalue weighted by molar-refractivity contribution is 7.95. The molecule has 1 unspecified atom stereocenters. The maximum Gasteiger partial charge on any atom is 0.0603 e. The molecule has 1 aromatic rings. The van der Waals surface area contributed by atoms with Crippen LogP contribution in [0.2, 0.25) is 0 Å². The molecule has 0 amide bonds. The summed E-state index contributed by atoms with van der Waals surface area (Å²) >= 11 is 1.74. The molecule has 2 aliphatic rings. The van der Waals surface area contributed by atoms with Gasteiger partial charge in [0.25, 0.3) is 0 Å². The molecule has 2 aliphatic heterocycles. The zero-order valence-electron chi connectivity index (χ0n) is 12.0. The number of rotatable bonds is 5. The first-order valence-corrected chi connectivity index (χ1v) is 8.19. The molecule has 1 saturated heterocycles. The van der Waals surface area contributed by atoms with E-state index in [0.29, 0.717) is 6.04 Å². The van der Waals surface area contributed by atoms with Crippen molar-refractivity contribution in [1.29, 1.82) is 0 Å². The number of nitrogens with zero attached hydrogens (tertiary/aromatic N) is 2. The van der Waals surface area contributed by atoms with Gasteiger partial charge in [-0.25, -0.2) is 9.03 Å². The van der Waals surface area contributed by atoms with E-state index in [4.69, 9.17) is 4.74 Å². The van der Waals surface area contributed by atoms with Crippen LogP contribution in [0.5, 0.6) is 0 Å². The van der Waals surface area contributed by atoms with Crippen LogP contribution in [-0.2, 0) is 11.2 Å². The number of para-hydroxylation sites is 1. The zero-order chi connectivity index (χ0) is 13.8. The Morgan fingerprint density at radius 1 is 1.25 bits per heavy atom. The van der Waals surface area contributed by atoms with Crippen LogP contribution in [0.25, 0.3) is 0 Å². The van der Waals surface area contributed by atoms with E-state index in [9.17, 15) is 0 Å². The predicted octanol–water partition coefficient (Wildman–Crippen LogP) is 1.92. The first kappa shape index (κ1) is 14.2. The minimum Gasteiger partial charge on any atom is -0.379 e. The molecule has 0 radical (unpaired) electrons. The maximum absolute atomic E-state index is 5.36. The Balaban J connectivity index is 1.46. The topological polar surface area (TPSA) is 27.7 Å². The minimum absolute atomic E-state index is 0.521. The summed E-state index contributed by atoms with van der Waals surface area (Å²) in [7, 11) is 0. The number of benzene rings is 1. The monoisotopic (exact) mass is 293 g/mol. The van der Waals surface area contributed by atoms with Gasteiger partial charge in [0, 0.05) is 50.0 Å². The molecule has 20 heavy (non-hydrogen) atoms. The molecule has 1 atom stereocenters. The maximum atomic E-state index is 5.36. The zero-order valence-corrected chi connectivity index (χ0v) is 12.9. The molecule has 0 bridgehead atoms. The van der Waals surface area contributed by atoms with E-state index in [0.717, 1.165) is 39.4 Å². The second-order valence-electron chi connectivity index (χ2n) is 5.40. The summed E-state index contributed by atoms with van der Waals surface area (Å²) in [4.78, 5) is 2.52. The van der Waals surface area contributed by atoms with Gasteiger partial charge >= 0.3 is 0 Å². The van der Waals surface area contributed by atoms with Crippen LogP contribution in [0.4, 0.5) is 5.69 Å². The summed E-state index contributed by atoms with van der Waals surface area (Å²) in [6.07, 6.45) is 1.18. The molecule has 3 rings (SSSR count). The smallest absolute Gasteiger partial charge is 0.0603 e. The highest BCUT2D eigenvalue weighted by Gasteiger charge is 2.22. The Morgan fingerprint density at radius 3 is 2.90 bits per heavy atom. The Labute approximate surface area is 125 Å². The van der Waals surface area contributed by atoms with Crippen LogP contribution in [0.3, 0.4) is 0 Å².